The van der Waals surface area contributed by atoms with E-state index in [0.29, 0.717) is 33.7 Å². The molecule has 0 bridgehead atoms. The molecule has 2 aromatic carbocycles. The van der Waals surface area contributed by atoms with E-state index < -0.39 is 17.9 Å². The van der Waals surface area contributed by atoms with E-state index in [9.17, 15) is 14.4 Å². The van der Waals surface area contributed by atoms with Gasteiger partial charge in [0.1, 0.15) is 5.69 Å². The molecule has 0 aliphatic rings. The van der Waals surface area contributed by atoms with Crippen LogP contribution in [0.5, 0.6) is 0 Å². The number of rotatable bonds is 8. The van der Waals surface area contributed by atoms with E-state index in [2.05, 4.69) is 16.9 Å². The third-order valence-corrected chi connectivity index (χ3v) is 5.71. The summed E-state index contributed by atoms with van der Waals surface area (Å²) in [4.78, 5) is 41.9. The number of aromatic amines is 1. The SMILES string of the molecule is C=C(C(=O)Nc1ccccc1CN(CC)C(N)=O)c1c(C(=O)OCC)[nH]c2cc(Cl)cc(Cl)c12. The third-order valence-electron chi connectivity index (χ3n) is 5.19. The summed E-state index contributed by atoms with van der Waals surface area (Å²) in [6.07, 6.45) is 0. The van der Waals surface area contributed by atoms with Gasteiger partial charge >= 0.3 is 12.0 Å². The zero-order valence-corrected chi connectivity index (χ0v) is 20.2. The second kappa shape index (κ2) is 10.6. The van der Waals surface area contributed by atoms with Crippen molar-refractivity contribution >= 4 is 63.3 Å². The number of H-pyrrole nitrogens is 1. The minimum Gasteiger partial charge on any atom is -0.461 e. The fourth-order valence-electron chi connectivity index (χ4n) is 3.55. The number of esters is 1. The molecule has 0 unspecified atom stereocenters. The number of nitrogens with one attached hydrogen (secondary N) is 2. The summed E-state index contributed by atoms with van der Waals surface area (Å²) < 4.78 is 5.15. The van der Waals surface area contributed by atoms with E-state index in [1.165, 1.54) is 11.0 Å². The van der Waals surface area contributed by atoms with E-state index >= 15 is 0 Å². The van der Waals surface area contributed by atoms with Gasteiger partial charge in [-0.15, -0.1) is 0 Å². The average molecular weight is 503 g/mol. The minimum atomic E-state index is -0.657. The number of fused-ring (bicyclic) bond motifs is 1. The number of nitrogens with two attached hydrogens (primary N) is 1. The summed E-state index contributed by atoms with van der Waals surface area (Å²) >= 11 is 12.5. The Morgan fingerprint density at radius 2 is 1.88 bits per heavy atom. The summed E-state index contributed by atoms with van der Waals surface area (Å²) in [5, 5.41) is 3.84. The first-order valence-corrected chi connectivity index (χ1v) is 11.2. The Balaban J connectivity index is 2.01. The maximum atomic E-state index is 13.3. The van der Waals surface area contributed by atoms with Gasteiger partial charge in [0, 0.05) is 45.8 Å². The maximum Gasteiger partial charge on any atom is 0.355 e. The smallest absolute Gasteiger partial charge is 0.355 e. The second-order valence-electron chi connectivity index (χ2n) is 7.35. The molecule has 0 saturated carbocycles. The fraction of sp³-hybridized carbons (Fsp3) is 0.208. The Labute approximate surface area is 206 Å². The van der Waals surface area contributed by atoms with E-state index in [1.807, 2.05) is 0 Å². The van der Waals surface area contributed by atoms with Gasteiger partial charge < -0.3 is 25.7 Å². The number of primary amides is 1. The maximum absolute atomic E-state index is 13.3. The van der Waals surface area contributed by atoms with Crippen molar-refractivity contribution in [3.63, 3.8) is 0 Å². The standard InChI is InChI=1S/C24H24Cl2N4O4/c1-4-30(24(27)33)12-14-8-6-7-9-17(14)29-22(31)13(3)19-20-16(26)10-15(25)11-18(20)28-21(19)23(32)34-5-2/h6-11,28H,3-5,12H2,1-2H3,(H2,27,33)(H,29,31). The Morgan fingerprint density at radius 3 is 2.53 bits per heavy atom. The lowest BCUT2D eigenvalue weighted by atomic mass is 10.0. The largest absolute Gasteiger partial charge is 0.461 e. The number of urea groups is 1. The van der Waals surface area contributed by atoms with Gasteiger partial charge in [-0.1, -0.05) is 48.0 Å². The fourth-order valence-corrected chi connectivity index (χ4v) is 4.14. The number of para-hydroxylation sites is 1. The highest BCUT2D eigenvalue weighted by Crippen LogP contribution is 2.36. The van der Waals surface area contributed by atoms with Gasteiger partial charge in [0.15, 0.2) is 0 Å². The molecule has 0 saturated heterocycles. The highest BCUT2D eigenvalue weighted by Gasteiger charge is 2.26. The van der Waals surface area contributed by atoms with Crippen LogP contribution in [0.2, 0.25) is 10.0 Å². The number of anilines is 1. The number of carbonyl (C=O) groups excluding carboxylic acids is 3. The first-order valence-electron chi connectivity index (χ1n) is 10.5. The van der Waals surface area contributed by atoms with E-state index in [-0.39, 0.29) is 35.0 Å². The van der Waals surface area contributed by atoms with Crippen LogP contribution in [0.3, 0.4) is 0 Å². The molecule has 34 heavy (non-hydrogen) atoms. The molecule has 1 aromatic heterocycles. The number of aromatic nitrogens is 1. The highest BCUT2D eigenvalue weighted by atomic mass is 35.5. The molecule has 178 valence electrons. The molecule has 0 radical (unpaired) electrons. The normalized spacial score (nSPS) is 10.7. The number of benzene rings is 2. The highest BCUT2D eigenvalue weighted by molar-refractivity contribution is 6.41. The van der Waals surface area contributed by atoms with E-state index in [1.54, 1.807) is 44.2 Å². The second-order valence-corrected chi connectivity index (χ2v) is 8.19. The monoisotopic (exact) mass is 502 g/mol. The van der Waals surface area contributed by atoms with Gasteiger partial charge in [0.05, 0.1) is 11.6 Å². The van der Waals surface area contributed by atoms with Crippen LogP contribution in [0.1, 0.15) is 35.5 Å². The van der Waals surface area contributed by atoms with Crippen molar-refractivity contribution in [2.24, 2.45) is 5.73 Å². The molecule has 8 nitrogen and oxygen atoms in total. The summed E-state index contributed by atoms with van der Waals surface area (Å²) in [7, 11) is 0. The number of nitrogens with zero attached hydrogens (tertiary/aromatic N) is 1. The quantitative estimate of drug-likeness (QED) is 0.289. The van der Waals surface area contributed by atoms with Gasteiger partial charge in [0.2, 0.25) is 0 Å². The van der Waals surface area contributed by atoms with Gasteiger partial charge in [-0.25, -0.2) is 9.59 Å². The molecule has 0 atom stereocenters. The number of carbonyl (C=O) groups is 3. The van der Waals surface area contributed by atoms with Gasteiger partial charge in [-0.05, 0) is 37.6 Å². The molecule has 3 aromatic rings. The topological polar surface area (TPSA) is 118 Å². The lowest BCUT2D eigenvalue weighted by molar-refractivity contribution is -0.111. The minimum absolute atomic E-state index is 0.00409. The Morgan fingerprint density at radius 1 is 1.18 bits per heavy atom. The summed E-state index contributed by atoms with van der Waals surface area (Å²) in [6, 6.07) is 9.55. The first-order chi connectivity index (χ1) is 16.2. The molecular weight excluding hydrogens is 479 g/mol. The molecule has 10 heteroatoms. The van der Waals surface area contributed by atoms with Crippen molar-refractivity contribution in [2.45, 2.75) is 20.4 Å². The van der Waals surface area contributed by atoms with E-state index in [0.717, 1.165) is 0 Å². The number of hydrogen-bond donors (Lipinski definition) is 3. The predicted molar refractivity (Wildman–Crippen MR) is 134 cm³/mol. The van der Waals surface area contributed by atoms with Gasteiger partial charge in [-0.3, -0.25) is 4.79 Å². The molecule has 3 amide bonds. The summed E-state index contributed by atoms with van der Waals surface area (Å²) in [5.41, 5.74) is 7.29. The van der Waals surface area contributed by atoms with E-state index in [4.69, 9.17) is 33.7 Å². The van der Waals surface area contributed by atoms with Crippen LogP contribution in [0.25, 0.3) is 16.5 Å². The lowest BCUT2D eigenvalue weighted by Crippen LogP contribution is -2.35. The molecule has 0 spiro atoms. The molecule has 3 rings (SSSR count). The third kappa shape index (κ3) is 5.18. The summed E-state index contributed by atoms with van der Waals surface area (Å²) in [6.45, 7) is 8.16. The Kier molecular flexibility index (Phi) is 7.86. The zero-order chi connectivity index (χ0) is 25.0. The van der Waals surface area contributed by atoms with Crippen molar-refractivity contribution in [1.29, 1.82) is 0 Å². The van der Waals surface area contributed by atoms with Crippen LogP contribution in [0, 0.1) is 0 Å². The van der Waals surface area contributed by atoms with Crippen LogP contribution in [0.15, 0.2) is 43.0 Å². The number of hydrogen-bond acceptors (Lipinski definition) is 4. The number of amides is 3. The van der Waals surface area contributed by atoms with Crippen LogP contribution in [-0.4, -0.2) is 40.9 Å². The molecule has 0 aliphatic heterocycles. The number of ether oxygens (including phenoxy) is 1. The first kappa shape index (κ1) is 25.1. The molecule has 1 heterocycles. The Hall–Kier alpha value is -3.49. The van der Waals surface area contributed by atoms with Crippen LogP contribution in [-0.2, 0) is 16.1 Å². The molecule has 0 aliphatic carbocycles. The van der Waals surface area contributed by atoms with Crippen molar-refractivity contribution < 1.29 is 19.1 Å². The predicted octanol–water partition coefficient (Wildman–Crippen LogP) is 5.20. The molecule has 0 fully saturated rings. The van der Waals surface area contributed by atoms with Crippen molar-refractivity contribution in [3.8, 4) is 0 Å². The van der Waals surface area contributed by atoms with Crippen molar-refractivity contribution in [3.05, 3.63) is 69.8 Å². The van der Waals surface area contributed by atoms with Crippen molar-refractivity contribution in [1.82, 2.24) is 9.88 Å². The van der Waals surface area contributed by atoms with Crippen LogP contribution < -0.4 is 11.1 Å². The van der Waals surface area contributed by atoms with Gasteiger partial charge in [-0.2, -0.15) is 0 Å². The van der Waals surface area contributed by atoms with Crippen LogP contribution in [0.4, 0.5) is 10.5 Å². The molecular formula is C24H24Cl2N4O4. The number of halogens is 2. The average Bonchev–Trinajstić information content (AvgIpc) is 3.17. The Bertz CT molecular complexity index is 1290. The summed E-state index contributed by atoms with van der Waals surface area (Å²) in [5.74, 6) is -1.22. The van der Waals surface area contributed by atoms with Gasteiger partial charge in [0.25, 0.3) is 5.91 Å². The van der Waals surface area contributed by atoms with Crippen LogP contribution >= 0.6 is 23.2 Å². The zero-order valence-electron chi connectivity index (χ0n) is 18.7. The van der Waals surface area contributed by atoms with Crippen molar-refractivity contribution in [2.75, 3.05) is 18.5 Å². The lowest BCUT2D eigenvalue weighted by Gasteiger charge is -2.20. The molecule has 4 N–H and O–H groups in total.